The van der Waals surface area contributed by atoms with Gasteiger partial charge in [-0.25, -0.2) is 13.6 Å². The lowest BCUT2D eigenvalue weighted by atomic mass is 10.2. The minimum Gasteiger partial charge on any atom is -0.325 e. The summed E-state index contributed by atoms with van der Waals surface area (Å²) in [5.74, 6) is -0.841. The summed E-state index contributed by atoms with van der Waals surface area (Å²) < 4.78 is 22.8. The number of hydrogen-bond donors (Lipinski definition) is 2. The van der Waals surface area contributed by atoms with Crippen molar-refractivity contribution in [3.05, 3.63) is 64.0 Å². The second-order valence-electron chi connectivity index (χ2n) is 5.94. The number of rotatable bonds is 5. The number of anilines is 1. The molecule has 2 aromatic rings. The Kier molecular flexibility index (Phi) is 6.39. The number of hydrogen-bond acceptors (Lipinski definition) is 6. The summed E-state index contributed by atoms with van der Waals surface area (Å²) in [7, 11) is -3.81. The van der Waals surface area contributed by atoms with E-state index < -0.39 is 15.9 Å². The van der Waals surface area contributed by atoms with Gasteiger partial charge in [-0.2, -0.15) is 0 Å². The predicted octanol–water partition coefficient (Wildman–Crippen LogP) is 2.83. The van der Waals surface area contributed by atoms with Gasteiger partial charge in [0.1, 0.15) is 10.9 Å². The molecule has 29 heavy (non-hydrogen) atoms. The third-order valence-electron chi connectivity index (χ3n) is 3.81. The molecule has 3 N–H and O–H groups in total. The first-order valence-electron chi connectivity index (χ1n) is 8.07. The fourth-order valence-corrected chi connectivity index (χ4v) is 4.32. The lowest BCUT2D eigenvalue weighted by Crippen LogP contribution is -2.36. The highest BCUT2D eigenvalue weighted by Gasteiger charge is 2.33. The Hall–Kier alpha value is -2.24. The normalized spacial score (nSPS) is 15.8. The SMILES string of the molecule is NS(=O)(=O)c1ccc(NC(=O)CN2C(=O)/C(=C\c3ccc(Cl)cc3)SC2=S)cc1. The summed E-state index contributed by atoms with van der Waals surface area (Å²) in [6.45, 7) is -0.264. The highest BCUT2D eigenvalue weighted by atomic mass is 35.5. The van der Waals surface area contributed by atoms with Crippen LogP contribution >= 0.6 is 35.6 Å². The van der Waals surface area contributed by atoms with Crippen molar-refractivity contribution >= 4 is 73.5 Å². The molecule has 1 aliphatic heterocycles. The van der Waals surface area contributed by atoms with Gasteiger partial charge in [-0.15, -0.1) is 0 Å². The maximum atomic E-state index is 12.6. The van der Waals surface area contributed by atoms with Crippen molar-refractivity contribution in [3.63, 3.8) is 0 Å². The van der Waals surface area contributed by atoms with E-state index in [1.165, 1.54) is 29.2 Å². The average Bonchev–Trinajstić information content (AvgIpc) is 2.91. The van der Waals surface area contributed by atoms with Gasteiger partial charge in [0.25, 0.3) is 5.91 Å². The van der Waals surface area contributed by atoms with Gasteiger partial charge in [-0.05, 0) is 48.0 Å². The minimum absolute atomic E-state index is 0.0697. The van der Waals surface area contributed by atoms with Gasteiger partial charge in [0, 0.05) is 10.7 Å². The van der Waals surface area contributed by atoms with Crippen molar-refractivity contribution in [2.24, 2.45) is 5.14 Å². The molecule has 0 spiro atoms. The van der Waals surface area contributed by atoms with Crippen molar-refractivity contribution in [1.29, 1.82) is 0 Å². The Balaban J connectivity index is 1.66. The summed E-state index contributed by atoms with van der Waals surface area (Å²) in [5.41, 5.74) is 1.15. The molecule has 2 amide bonds. The molecule has 0 saturated carbocycles. The van der Waals surface area contributed by atoms with Crippen LogP contribution < -0.4 is 10.5 Å². The predicted molar refractivity (Wildman–Crippen MR) is 118 cm³/mol. The van der Waals surface area contributed by atoms with Gasteiger partial charge in [-0.3, -0.25) is 14.5 Å². The summed E-state index contributed by atoms with van der Waals surface area (Å²) >= 11 is 12.2. The molecule has 1 heterocycles. The fourth-order valence-electron chi connectivity index (χ4n) is 2.42. The average molecular weight is 468 g/mol. The summed E-state index contributed by atoms with van der Waals surface area (Å²) in [6, 6.07) is 12.3. The van der Waals surface area contributed by atoms with E-state index in [1.54, 1.807) is 30.3 Å². The number of nitrogens with zero attached hydrogens (tertiary/aromatic N) is 1. The van der Waals surface area contributed by atoms with Crippen LogP contribution in [-0.4, -0.2) is 36.0 Å². The Morgan fingerprint density at radius 2 is 1.79 bits per heavy atom. The molecule has 0 bridgehead atoms. The standard InChI is InChI=1S/C18H14ClN3O4S3/c19-12-3-1-11(2-4-12)9-15-17(24)22(18(27)28-15)10-16(23)21-13-5-7-14(8-6-13)29(20,25)26/h1-9H,10H2,(H,21,23)(H2,20,25,26)/b15-9+. The molecule has 0 radical (unpaired) electrons. The number of nitrogens with two attached hydrogens (primary N) is 1. The summed E-state index contributed by atoms with van der Waals surface area (Å²) in [4.78, 5) is 26.4. The maximum absolute atomic E-state index is 12.6. The molecule has 7 nitrogen and oxygen atoms in total. The van der Waals surface area contributed by atoms with E-state index in [-0.39, 0.29) is 21.7 Å². The highest BCUT2D eigenvalue weighted by Crippen LogP contribution is 2.32. The van der Waals surface area contributed by atoms with Crippen molar-refractivity contribution in [2.45, 2.75) is 4.90 Å². The van der Waals surface area contributed by atoms with Crippen molar-refractivity contribution in [1.82, 2.24) is 4.90 Å². The van der Waals surface area contributed by atoms with Crippen LogP contribution in [0.25, 0.3) is 6.08 Å². The van der Waals surface area contributed by atoms with Gasteiger partial charge in [0.05, 0.1) is 9.80 Å². The van der Waals surface area contributed by atoms with Gasteiger partial charge >= 0.3 is 0 Å². The quantitative estimate of drug-likeness (QED) is 0.517. The monoisotopic (exact) mass is 467 g/mol. The molecule has 1 saturated heterocycles. The van der Waals surface area contributed by atoms with E-state index in [2.05, 4.69) is 5.32 Å². The first-order chi connectivity index (χ1) is 13.6. The molecule has 2 aromatic carbocycles. The zero-order chi connectivity index (χ0) is 21.2. The second kappa shape index (κ2) is 8.64. The Morgan fingerprint density at radius 3 is 2.38 bits per heavy atom. The van der Waals surface area contributed by atoms with Crippen LogP contribution in [-0.2, 0) is 19.6 Å². The van der Waals surface area contributed by atoms with E-state index in [9.17, 15) is 18.0 Å². The number of thioether (sulfide) groups is 1. The van der Waals surface area contributed by atoms with Crippen molar-refractivity contribution < 1.29 is 18.0 Å². The van der Waals surface area contributed by atoms with E-state index in [0.717, 1.165) is 17.3 Å². The highest BCUT2D eigenvalue weighted by molar-refractivity contribution is 8.26. The first kappa shape index (κ1) is 21.5. The molecule has 1 aliphatic rings. The number of primary sulfonamides is 1. The number of halogens is 1. The van der Waals surface area contributed by atoms with Crippen LogP contribution in [0, 0.1) is 0 Å². The summed E-state index contributed by atoms with van der Waals surface area (Å²) in [5, 5.41) is 8.21. The third kappa shape index (κ3) is 5.43. The number of nitrogens with one attached hydrogen (secondary N) is 1. The Morgan fingerprint density at radius 1 is 1.17 bits per heavy atom. The number of sulfonamides is 1. The van der Waals surface area contributed by atoms with Crippen LogP contribution in [0.2, 0.25) is 5.02 Å². The molecule has 0 unspecified atom stereocenters. The molecule has 0 aliphatic carbocycles. The lowest BCUT2D eigenvalue weighted by molar-refractivity contribution is -0.126. The number of benzene rings is 2. The number of carbonyl (C=O) groups excluding carboxylic acids is 2. The molecular weight excluding hydrogens is 454 g/mol. The van der Waals surface area contributed by atoms with Gasteiger partial charge in [0.2, 0.25) is 15.9 Å². The van der Waals surface area contributed by atoms with Crippen LogP contribution in [0.3, 0.4) is 0 Å². The van der Waals surface area contributed by atoms with E-state index in [4.69, 9.17) is 29.0 Å². The van der Waals surface area contributed by atoms with E-state index in [1.807, 2.05) is 0 Å². The van der Waals surface area contributed by atoms with Crippen LogP contribution in [0.15, 0.2) is 58.3 Å². The third-order valence-corrected chi connectivity index (χ3v) is 6.37. The van der Waals surface area contributed by atoms with Gasteiger partial charge < -0.3 is 5.32 Å². The second-order valence-corrected chi connectivity index (χ2v) is 9.61. The van der Waals surface area contributed by atoms with Crippen molar-refractivity contribution in [2.75, 3.05) is 11.9 Å². The largest absolute Gasteiger partial charge is 0.325 e. The molecule has 11 heteroatoms. The van der Waals surface area contributed by atoms with Gasteiger partial charge in [-0.1, -0.05) is 47.7 Å². The van der Waals surface area contributed by atoms with E-state index in [0.29, 0.717) is 15.6 Å². The van der Waals surface area contributed by atoms with Crippen LogP contribution in [0.1, 0.15) is 5.56 Å². The Bertz CT molecular complexity index is 1110. The maximum Gasteiger partial charge on any atom is 0.266 e. The molecule has 1 fully saturated rings. The molecule has 0 atom stereocenters. The molecular formula is C18H14ClN3O4S3. The first-order valence-corrected chi connectivity index (χ1v) is 11.2. The number of carbonyl (C=O) groups is 2. The fraction of sp³-hybridized carbons (Fsp3) is 0.0556. The minimum atomic E-state index is -3.81. The van der Waals surface area contributed by atoms with E-state index >= 15 is 0 Å². The molecule has 150 valence electrons. The topological polar surface area (TPSA) is 110 Å². The number of amides is 2. The lowest BCUT2D eigenvalue weighted by Gasteiger charge is -2.14. The smallest absolute Gasteiger partial charge is 0.266 e. The zero-order valence-corrected chi connectivity index (χ0v) is 17.9. The van der Waals surface area contributed by atoms with Crippen LogP contribution in [0.5, 0.6) is 0 Å². The summed E-state index contributed by atoms with van der Waals surface area (Å²) in [6.07, 6.45) is 1.68. The Labute approximate surface area is 182 Å². The molecule has 3 rings (SSSR count). The van der Waals surface area contributed by atoms with Crippen LogP contribution in [0.4, 0.5) is 5.69 Å². The zero-order valence-electron chi connectivity index (χ0n) is 14.7. The van der Waals surface area contributed by atoms with Crippen molar-refractivity contribution in [3.8, 4) is 0 Å². The molecule has 0 aromatic heterocycles. The van der Waals surface area contributed by atoms with Gasteiger partial charge in [0.15, 0.2) is 0 Å². The number of thiocarbonyl (C=S) groups is 1.